The Kier molecular flexibility index (Phi) is 4.03. The van der Waals surface area contributed by atoms with Crippen LogP contribution in [-0.4, -0.2) is 49.6 Å². The molecule has 7 heteroatoms. The zero-order chi connectivity index (χ0) is 14.8. The van der Waals surface area contributed by atoms with Gasteiger partial charge >= 0.3 is 0 Å². The molecule has 1 aliphatic rings. The first-order chi connectivity index (χ1) is 10.2. The number of nitrogens with zero attached hydrogens (tertiary/aromatic N) is 5. The van der Waals surface area contributed by atoms with Crippen molar-refractivity contribution in [3.63, 3.8) is 0 Å². The number of rotatable bonds is 4. The Morgan fingerprint density at radius 2 is 2.24 bits per heavy atom. The van der Waals surface area contributed by atoms with E-state index < -0.39 is 0 Å². The van der Waals surface area contributed by atoms with Crippen molar-refractivity contribution >= 4 is 0 Å². The fraction of sp³-hybridized carbons (Fsp3) is 0.643. The third-order valence-corrected chi connectivity index (χ3v) is 4.01. The fourth-order valence-corrected chi connectivity index (χ4v) is 2.86. The highest BCUT2D eigenvalue weighted by molar-refractivity contribution is 5.07. The Hall–Kier alpha value is -1.73. The van der Waals surface area contributed by atoms with Crippen molar-refractivity contribution in [1.82, 2.24) is 29.9 Å². The minimum atomic E-state index is 0.419. The predicted molar refractivity (Wildman–Crippen MR) is 77.6 cm³/mol. The molecule has 3 heterocycles. The molecule has 0 radical (unpaired) electrons. The number of methoxy groups -OCH3 is 1. The number of fused-ring (bicyclic) bond motifs is 1. The summed E-state index contributed by atoms with van der Waals surface area (Å²) in [6, 6.07) is 2.52. The van der Waals surface area contributed by atoms with Gasteiger partial charge in [0.15, 0.2) is 5.82 Å². The molecule has 2 aromatic rings. The lowest BCUT2D eigenvalue weighted by Crippen LogP contribution is -2.34. The van der Waals surface area contributed by atoms with Gasteiger partial charge in [-0.1, -0.05) is 0 Å². The van der Waals surface area contributed by atoms with Gasteiger partial charge < -0.3 is 9.30 Å². The first-order valence-electron chi connectivity index (χ1n) is 7.32. The third kappa shape index (κ3) is 2.98. The van der Waals surface area contributed by atoms with E-state index in [1.54, 1.807) is 7.11 Å². The molecule has 114 valence electrons. The number of hydrogen-bond donors (Lipinski definition) is 1. The molecule has 0 aliphatic carbocycles. The zero-order valence-electron chi connectivity index (χ0n) is 12.8. The molecule has 3 rings (SSSR count). The van der Waals surface area contributed by atoms with Crippen molar-refractivity contribution in [3.8, 4) is 0 Å². The normalized spacial score (nSPS) is 19.5. The molecule has 7 nitrogen and oxygen atoms in total. The fourth-order valence-electron chi connectivity index (χ4n) is 2.86. The summed E-state index contributed by atoms with van der Waals surface area (Å²) in [7, 11) is 1.69. The lowest BCUT2D eigenvalue weighted by Gasteiger charge is -2.25. The van der Waals surface area contributed by atoms with E-state index >= 15 is 0 Å². The SMILES string of the molecule is COCc1nnc2n1CCN(Cc1cc(C)[nH]n1)[C@H](C)C2. The van der Waals surface area contributed by atoms with Crippen molar-refractivity contribution in [2.24, 2.45) is 0 Å². The first kappa shape index (κ1) is 14.2. The van der Waals surface area contributed by atoms with E-state index in [4.69, 9.17) is 4.74 Å². The maximum Gasteiger partial charge on any atom is 0.159 e. The van der Waals surface area contributed by atoms with E-state index in [-0.39, 0.29) is 0 Å². The smallest absolute Gasteiger partial charge is 0.159 e. The van der Waals surface area contributed by atoms with Crippen LogP contribution in [0.2, 0.25) is 0 Å². The molecule has 0 saturated carbocycles. The summed E-state index contributed by atoms with van der Waals surface area (Å²) in [6.45, 7) is 7.51. The van der Waals surface area contributed by atoms with Crippen molar-refractivity contribution < 1.29 is 4.74 Å². The molecule has 2 aromatic heterocycles. The maximum absolute atomic E-state index is 5.19. The molecule has 0 spiro atoms. The van der Waals surface area contributed by atoms with Crippen LogP contribution in [0.3, 0.4) is 0 Å². The Bertz CT molecular complexity index is 604. The minimum Gasteiger partial charge on any atom is -0.377 e. The van der Waals surface area contributed by atoms with Crippen LogP contribution in [0.25, 0.3) is 0 Å². The minimum absolute atomic E-state index is 0.419. The second-order valence-electron chi connectivity index (χ2n) is 5.68. The van der Waals surface area contributed by atoms with Gasteiger partial charge in [0.25, 0.3) is 0 Å². The molecule has 1 aliphatic heterocycles. The van der Waals surface area contributed by atoms with Gasteiger partial charge in [0.05, 0.1) is 5.69 Å². The highest BCUT2D eigenvalue weighted by Crippen LogP contribution is 2.17. The topological polar surface area (TPSA) is 71.9 Å². The number of H-pyrrole nitrogens is 1. The van der Waals surface area contributed by atoms with Crippen LogP contribution in [0.4, 0.5) is 0 Å². The highest BCUT2D eigenvalue weighted by Gasteiger charge is 2.24. The van der Waals surface area contributed by atoms with Gasteiger partial charge in [0.1, 0.15) is 12.4 Å². The highest BCUT2D eigenvalue weighted by atomic mass is 16.5. The lowest BCUT2D eigenvalue weighted by atomic mass is 10.2. The van der Waals surface area contributed by atoms with Crippen LogP contribution in [0.1, 0.15) is 30.0 Å². The van der Waals surface area contributed by atoms with Crippen LogP contribution in [0.15, 0.2) is 6.07 Å². The first-order valence-corrected chi connectivity index (χ1v) is 7.32. The second kappa shape index (κ2) is 5.95. The van der Waals surface area contributed by atoms with Gasteiger partial charge in [-0.05, 0) is 19.9 Å². The molecule has 0 bridgehead atoms. The largest absolute Gasteiger partial charge is 0.377 e. The molecule has 1 N–H and O–H groups in total. The summed E-state index contributed by atoms with van der Waals surface area (Å²) in [5, 5.41) is 15.9. The van der Waals surface area contributed by atoms with Crippen molar-refractivity contribution in [3.05, 3.63) is 29.1 Å². The van der Waals surface area contributed by atoms with E-state index in [9.17, 15) is 0 Å². The number of hydrogen-bond acceptors (Lipinski definition) is 5. The van der Waals surface area contributed by atoms with Gasteiger partial charge in [0, 0.05) is 44.9 Å². The second-order valence-corrected chi connectivity index (χ2v) is 5.68. The number of ether oxygens (including phenoxy) is 1. The quantitative estimate of drug-likeness (QED) is 0.906. The number of aromatic nitrogens is 5. The van der Waals surface area contributed by atoms with E-state index in [1.165, 1.54) is 0 Å². The standard InChI is InChI=1S/C14H22N6O/c1-10-6-12(16-15-10)8-19-4-5-20-13(7-11(19)2)17-18-14(20)9-21-3/h6,11H,4-5,7-9H2,1-3H3,(H,15,16)/t11-/m1/s1. The van der Waals surface area contributed by atoms with Crippen molar-refractivity contribution in [2.75, 3.05) is 13.7 Å². The van der Waals surface area contributed by atoms with Crippen molar-refractivity contribution in [2.45, 2.75) is 46.0 Å². The van der Waals surface area contributed by atoms with Crippen LogP contribution in [-0.2, 0) is 30.9 Å². The van der Waals surface area contributed by atoms with E-state index in [0.717, 1.165) is 49.1 Å². The Balaban J connectivity index is 1.73. The molecular weight excluding hydrogens is 268 g/mol. The molecule has 21 heavy (non-hydrogen) atoms. The Morgan fingerprint density at radius 3 is 2.95 bits per heavy atom. The predicted octanol–water partition coefficient (Wildman–Crippen LogP) is 0.903. The number of nitrogens with one attached hydrogen (secondary N) is 1. The zero-order valence-corrected chi connectivity index (χ0v) is 12.8. The van der Waals surface area contributed by atoms with Crippen LogP contribution in [0.5, 0.6) is 0 Å². The monoisotopic (exact) mass is 290 g/mol. The molecule has 0 aromatic carbocycles. The summed E-state index contributed by atoms with van der Waals surface area (Å²) < 4.78 is 7.38. The van der Waals surface area contributed by atoms with Gasteiger partial charge in [0.2, 0.25) is 0 Å². The summed E-state index contributed by atoms with van der Waals surface area (Å²) in [6.07, 6.45) is 0.903. The van der Waals surface area contributed by atoms with Gasteiger partial charge in [-0.25, -0.2) is 0 Å². The molecule has 1 atom stereocenters. The molecule has 0 amide bonds. The lowest BCUT2D eigenvalue weighted by molar-refractivity contribution is 0.170. The summed E-state index contributed by atoms with van der Waals surface area (Å²) >= 11 is 0. The summed E-state index contributed by atoms with van der Waals surface area (Å²) in [4.78, 5) is 2.45. The van der Waals surface area contributed by atoms with Gasteiger partial charge in [-0.3, -0.25) is 10.00 Å². The third-order valence-electron chi connectivity index (χ3n) is 4.01. The van der Waals surface area contributed by atoms with Crippen LogP contribution < -0.4 is 0 Å². The number of aromatic amines is 1. The van der Waals surface area contributed by atoms with E-state index in [2.05, 4.69) is 42.9 Å². The van der Waals surface area contributed by atoms with Crippen molar-refractivity contribution in [1.29, 1.82) is 0 Å². The number of aryl methyl sites for hydroxylation is 1. The average molecular weight is 290 g/mol. The molecular formula is C14H22N6O. The van der Waals surface area contributed by atoms with Gasteiger partial charge in [-0.2, -0.15) is 5.10 Å². The summed E-state index contributed by atoms with van der Waals surface area (Å²) in [5.74, 6) is 1.97. The Morgan fingerprint density at radius 1 is 1.38 bits per heavy atom. The molecule has 0 saturated heterocycles. The average Bonchev–Trinajstić information content (AvgIpc) is 2.98. The maximum atomic E-state index is 5.19. The summed E-state index contributed by atoms with van der Waals surface area (Å²) in [5.41, 5.74) is 2.20. The van der Waals surface area contributed by atoms with Gasteiger partial charge in [-0.15, -0.1) is 10.2 Å². The van der Waals surface area contributed by atoms with Crippen LogP contribution in [0, 0.1) is 6.92 Å². The molecule has 0 unspecified atom stereocenters. The van der Waals surface area contributed by atoms with Crippen LogP contribution >= 0.6 is 0 Å². The molecule has 0 fully saturated rings. The van der Waals surface area contributed by atoms with E-state index in [0.29, 0.717) is 12.6 Å². The Labute approximate surface area is 124 Å². The van der Waals surface area contributed by atoms with E-state index in [1.807, 2.05) is 6.92 Å².